The van der Waals surface area contributed by atoms with E-state index in [4.69, 9.17) is 0 Å². The smallest absolute Gasteiger partial charge is 0.281 e. The number of carbonyl (C=O) groups excluding carboxylic acids is 2. The van der Waals surface area contributed by atoms with Crippen LogP contribution in [0.5, 0.6) is 0 Å². The maximum absolute atomic E-state index is 12.2. The molecule has 0 atom stereocenters. The number of aliphatic imine (C=N–C) groups is 2. The molecule has 3 heterocycles. The molecule has 0 saturated heterocycles. The SMILES string of the molecule is C=C1C(=O)N=C(n2nc(-c3cccs3)cc2NC(=O)C2CC2)N=C1C. The molecule has 1 aliphatic heterocycles. The molecular weight excluding hydrogens is 338 g/mol. The van der Waals surface area contributed by atoms with Gasteiger partial charge in [0, 0.05) is 12.0 Å². The Bertz CT molecular complexity index is 948. The molecule has 8 heteroatoms. The summed E-state index contributed by atoms with van der Waals surface area (Å²) < 4.78 is 1.41. The van der Waals surface area contributed by atoms with Crippen molar-refractivity contribution < 1.29 is 9.59 Å². The van der Waals surface area contributed by atoms with Crippen molar-refractivity contribution in [2.75, 3.05) is 5.32 Å². The Kier molecular flexibility index (Phi) is 3.69. The van der Waals surface area contributed by atoms with Gasteiger partial charge in [-0.05, 0) is 31.2 Å². The molecule has 126 valence electrons. The highest BCUT2D eigenvalue weighted by molar-refractivity contribution is 7.13. The van der Waals surface area contributed by atoms with E-state index in [2.05, 4.69) is 27.0 Å². The minimum Gasteiger partial charge on any atom is -0.310 e. The number of thiophene rings is 1. The van der Waals surface area contributed by atoms with E-state index < -0.39 is 5.91 Å². The van der Waals surface area contributed by atoms with Gasteiger partial charge in [0.05, 0.1) is 16.2 Å². The number of hydrogen-bond acceptors (Lipinski definition) is 5. The van der Waals surface area contributed by atoms with Gasteiger partial charge in [-0.25, -0.2) is 4.99 Å². The first kappa shape index (κ1) is 15.6. The Balaban J connectivity index is 1.77. The second-order valence-electron chi connectivity index (χ2n) is 5.96. The normalized spacial score (nSPS) is 17.3. The average Bonchev–Trinajstić information content (AvgIpc) is 3.13. The van der Waals surface area contributed by atoms with Crippen LogP contribution in [0.1, 0.15) is 19.8 Å². The van der Waals surface area contributed by atoms with Crippen molar-refractivity contribution in [3.63, 3.8) is 0 Å². The molecule has 0 unspecified atom stereocenters. The van der Waals surface area contributed by atoms with Crippen molar-refractivity contribution in [2.45, 2.75) is 19.8 Å². The summed E-state index contributed by atoms with van der Waals surface area (Å²) >= 11 is 1.54. The summed E-state index contributed by atoms with van der Waals surface area (Å²) in [7, 11) is 0. The van der Waals surface area contributed by atoms with Crippen molar-refractivity contribution in [3.05, 3.63) is 35.7 Å². The predicted molar refractivity (Wildman–Crippen MR) is 97.0 cm³/mol. The Morgan fingerprint density at radius 3 is 2.84 bits per heavy atom. The number of anilines is 1. The summed E-state index contributed by atoms with van der Waals surface area (Å²) in [6, 6.07) is 5.64. The number of rotatable bonds is 3. The molecule has 0 aromatic carbocycles. The van der Waals surface area contributed by atoms with Gasteiger partial charge in [-0.2, -0.15) is 14.8 Å². The van der Waals surface area contributed by atoms with Crippen LogP contribution in [0.15, 0.2) is 45.7 Å². The molecule has 1 fully saturated rings. The lowest BCUT2D eigenvalue weighted by molar-refractivity contribution is -0.117. The summed E-state index contributed by atoms with van der Waals surface area (Å²) in [6.07, 6.45) is 1.79. The van der Waals surface area contributed by atoms with Crippen molar-refractivity contribution in [3.8, 4) is 10.6 Å². The van der Waals surface area contributed by atoms with E-state index in [1.54, 1.807) is 13.0 Å². The maximum Gasteiger partial charge on any atom is 0.281 e. The number of hydrogen-bond donors (Lipinski definition) is 1. The van der Waals surface area contributed by atoms with Crippen LogP contribution < -0.4 is 5.32 Å². The topological polar surface area (TPSA) is 88.7 Å². The number of nitrogens with zero attached hydrogens (tertiary/aromatic N) is 4. The van der Waals surface area contributed by atoms with Gasteiger partial charge in [-0.1, -0.05) is 12.6 Å². The number of amides is 2. The highest BCUT2D eigenvalue weighted by Crippen LogP contribution is 2.31. The third-order valence-electron chi connectivity index (χ3n) is 4.04. The van der Waals surface area contributed by atoms with Crippen molar-refractivity contribution >= 4 is 40.6 Å². The van der Waals surface area contributed by atoms with Crippen LogP contribution in [0.4, 0.5) is 5.82 Å². The molecule has 2 aliphatic rings. The Morgan fingerprint density at radius 1 is 1.40 bits per heavy atom. The Hall–Kier alpha value is -2.87. The fraction of sp³-hybridized carbons (Fsp3) is 0.235. The van der Waals surface area contributed by atoms with Crippen LogP contribution in [-0.2, 0) is 9.59 Å². The molecule has 4 rings (SSSR count). The van der Waals surface area contributed by atoms with Gasteiger partial charge < -0.3 is 5.32 Å². The predicted octanol–water partition coefficient (Wildman–Crippen LogP) is 2.72. The highest BCUT2D eigenvalue weighted by Gasteiger charge is 2.31. The van der Waals surface area contributed by atoms with Crippen LogP contribution in [0.3, 0.4) is 0 Å². The van der Waals surface area contributed by atoms with E-state index in [1.165, 1.54) is 16.0 Å². The fourth-order valence-corrected chi connectivity index (χ4v) is 3.07. The van der Waals surface area contributed by atoms with Gasteiger partial charge >= 0.3 is 0 Å². The van der Waals surface area contributed by atoms with Gasteiger partial charge in [-0.3, -0.25) is 9.59 Å². The first-order valence-corrected chi connectivity index (χ1v) is 8.73. The Labute approximate surface area is 147 Å². The summed E-state index contributed by atoms with van der Waals surface area (Å²) in [4.78, 5) is 33.4. The lowest BCUT2D eigenvalue weighted by Crippen LogP contribution is -2.25. The number of nitrogens with one attached hydrogen (secondary N) is 1. The third kappa shape index (κ3) is 2.96. The average molecular weight is 353 g/mol. The summed E-state index contributed by atoms with van der Waals surface area (Å²) in [5.74, 6) is 0.134. The summed E-state index contributed by atoms with van der Waals surface area (Å²) in [6.45, 7) is 5.36. The summed E-state index contributed by atoms with van der Waals surface area (Å²) in [5.41, 5.74) is 1.44. The van der Waals surface area contributed by atoms with Crippen LogP contribution >= 0.6 is 11.3 Å². The first-order valence-electron chi connectivity index (χ1n) is 7.85. The molecule has 1 N–H and O–H groups in total. The third-order valence-corrected chi connectivity index (χ3v) is 4.93. The van der Waals surface area contributed by atoms with E-state index in [0.29, 0.717) is 17.2 Å². The standard InChI is InChI=1S/C17H15N5O2S/c1-9-10(2)18-17(20-15(9)23)22-14(19-16(24)11-5-6-11)8-12(21-22)13-4-3-7-25-13/h3-4,7-8,11H,1,5-6H2,2H3,(H,19,24). The maximum atomic E-state index is 12.2. The molecule has 2 amide bonds. The van der Waals surface area contributed by atoms with E-state index in [0.717, 1.165) is 17.7 Å². The molecular formula is C17H15N5O2S. The van der Waals surface area contributed by atoms with Gasteiger partial charge in [0.2, 0.25) is 5.91 Å². The van der Waals surface area contributed by atoms with Gasteiger partial charge in [0.1, 0.15) is 11.5 Å². The fourth-order valence-electron chi connectivity index (χ4n) is 2.39. The Morgan fingerprint density at radius 2 is 2.20 bits per heavy atom. The second kappa shape index (κ2) is 5.89. The molecule has 25 heavy (non-hydrogen) atoms. The highest BCUT2D eigenvalue weighted by atomic mass is 32.1. The van der Waals surface area contributed by atoms with E-state index in [-0.39, 0.29) is 23.4 Å². The molecule has 0 radical (unpaired) electrons. The summed E-state index contributed by atoms with van der Waals surface area (Å²) in [5, 5.41) is 9.32. The van der Waals surface area contributed by atoms with Gasteiger partial charge in [0.15, 0.2) is 0 Å². The van der Waals surface area contributed by atoms with Crippen LogP contribution in [-0.4, -0.2) is 33.3 Å². The second-order valence-corrected chi connectivity index (χ2v) is 6.91. The monoisotopic (exact) mass is 353 g/mol. The zero-order chi connectivity index (χ0) is 17.6. The molecule has 7 nitrogen and oxygen atoms in total. The largest absolute Gasteiger partial charge is 0.310 e. The number of carbonyl (C=O) groups is 2. The molecule has 2 aromatic heterocycles. The quantitative estimate of drug-likeness (QED) is 0.861. The molecule has 1 aliphatic carbocycles. The van der Waals surface area contributed by atoms with E-state index in [9.17, 15) is 9.59 Å². The lowest BCUT2D eigenvalue weighted by atomic mass is 10.2. The number of aromatic nitrogens is 2. The zero-order valence-electron chi connectivity index (χ0n) is 13.5. The van der Waals surface area contributed by atoms with Crippen molar-refractivity contribution in [1.82, 2.24) is 9.78 Å². The molecule has 2 aromatic rings. The van der Waals surface area contributed by atoms with Crippen molar-refractivity contribution in [1.29, 1.82) is 0 Å². The first-order chi connectivity index (χ1) is 12.0. The molecule has 1 saturated carbocycles. The van der Waals surface area contributed by atoms with Crippen LogP contribution in [0, 0.1) is 5.92 Å². The zero-order valence-corrected chi connectivity index (χ0v) is 14.3. The minimum absolute atomic E-state index is 0.0493. The van der Waals surface area contributed by atoms with Crippen LogP contribution in [0.25, 0.3) is 10.6 Å². The lowest BCUT2D eigenvalue weighted by Gasteiger charge is -2.12. The van der Waals surface area contributed by atoms with Crippen LogP contribution in [0.2, 0.25) is 0 Å². The van der Waals surface area contributed by atoms with E-state index >= 15 is 0 Å². The van der Waals surface area contributed by atoms with Gasteiger partial charge in [-0.15, -0.1) is 11.3 Å². The minimum atomic E-state index is -0.449. The molecule has 0 bridgehead atoms. The van der Waals surface area contributed by atoms with Gasteiger partial charge in [0.25, 0.3) is 11.9 Å². The molecule has 0 spiro atoms. The van der Waals surface area contributed by atoms with E-state index in [1.807, 2.05) is 17.5 Å². The van der Waals surface area contributed by atoms with Crippen molar-refractivity contribution in [2.24, 2.45) is 15.9 Å².